The molecule has 4 rings (SSSR count). The lowest BCUT2D eigenvalue weighted by atomic mass is 10.1. The molecule has 0 aliphatic carbocycles. The molecule has 2 aromatic rings. The van der Waals surface area contributed by atoms with Crippen molar-refractivity contribution in [1.82, 2.24) is 15.1 Å². The number of rotatable bonds is 5. The van der Waals surface area contributed by atoms with Crippen molar-refractivity contribution >= 4 is 11.6 Å². The fourth-order valence-corrected chi connectivity index (χ4v) is 4.18. The maximum absolute atomic E-state index is 5.46. The lowest BCUT2D eigenvalue weighted by Gasteiger charge is -2.37. The fraction of sp³-hybridized carbons (Fsp3) is 0.458. The maximum atomic E-state index is 5.46. The zero-order valence-corrected chi connectivity index (χ0v) is 18.0. The Morgan fingerprint density at radius 2 is 1.63 bits per heavy atom. The number of nitrogens with zero attached hydrogens (tertiary/aromatic N) is 4. The first-order valence-corrected chi connectivity index (χ1v) is 11.0. The first-order valence-electron chi connectivity index (χ1n) is 11.0. The number of morpholine rings is 1. The van der Waals surface area contributed by atoms with E-state index in [1.165, 1.54) is 16.8 Å². The van der Waals surface area contributed by atoms with Gasteiger partial charge in [0.05, 0.1) is 13.2 Å². The predicted octanol–water partition coefficient (Wildman–Crippen LogP) is 2.42. The van der Waals surface area contributed by atoms with E-state index in [0.29, 0.717) is 0 Å². The Bertz CT molecular complexity index is 811. The molecule has 2 saturated heterocycles. The van der Waals surface area contributed by atoms with Gasteiger partial charge in [0.25, 0.3) is 0 Å². The summed E-state index contributed by atoms with van der Waals surface area (Å²) in [4.78, 5) is 11.8. The molecule has 160 valence electrons. The molecule has 0 spiro atoms. The minimum atomic E-state index is 0.794. The third kappa shape index (κ3) is 5.52. The smallest absolute Gasteiger partial charge is 0.194 e. The average molecular weight is 408 g/mol. The third-order valence-electron chi connectivity index (χ3n) is 5.86. The van der Waals surface area contributed by atoms with E-state index in [1.807, 2.05) is 7.05 Å². The molecular weight excluding hydrogens is 374 g/mol. The molecule has 1 N–H and O–H groups in total. The van der Waals surface area contributed by atoms with E-state index in [1.54, 1.807) is 0 Å². The summed E-state index contributed by atoms with van der Waals surface area (Å²) >= 11 is 0. The highest BCUT2D eigenvalue weighted by Crippen LogP contribution is 2.16. The van der Waals surface area contributed by atoms with Crippen LogP contribution in [0, 0.1) is 0 Å². The zero-order chi connectivity index (χ0) is 20.6. The number of ether oxygens (including phenoxy) is 1. The number of aliphatic imine (C=N–C) groups is 1. The van der Waals surface area contributed by atoms with Crippen LogP contribution in [0.5, 0.6) is 0 Å². The van der Waals surface area contributed by atoms with Crippen LogP contribution in [0.4, 0.5) is 5.69 Å². The summed E-state index contributed by atoms with van der Waals surface area (Å²) in [5.74, 6) is 0.987. The Labute approximate surface area is 180 Å². The summed E-state index contributed by atoms with van der Waals surface area (Å²) in [6.45, 7) is 9.49. The fourth-order valence-electron chi connectivity index (χ4n) is 4.18. The number of guanidine groups is 1. The van der Waals surface area contributed by atoms with Crippen molar-refractivity contribution in [2.24, 2.45) is 4.99 Å². The van der Waals surface area contributed by atoms with Crippen molar-refractivity contribution in [1.29, 1.82) is 0 Å². The number of hydrogen-bond acceptors (Lipinski definition) is 4. The minimum absolute atomic E-state index is 0.794. The number of nitrogens with one attached hydrogen (secondary N) is 1. The molecule has 2 aromatic carbocycles. The largest absolute Gasteiger partial charge is 0.379 e. The summed E-state index contributed by atoms with van der Waals surface area (Å²) in [5.41, 5.74) is 3.96. The maximum Gasteiger partial charge on any atom is 0.194 e. The first kappa shape index (κ1) is 20.7. The molecule has 0 unspecified atom stereocenters. The van der Waals surface area contributed by atoms with Crippen LogP contribution in [-0.2, 0) is 17.8 Å². The molecule has 2 aliphatic heterocycles. The molecule has 0 radical (unpaired) electrons. The van der Waals surface area contributed by atoms with Gasteiger partial charge in [-0.15, -0.1) is 0 Å². The van der Waals surface area contributed by atoms with Crippen LogP contribution < -0.4 is 10.2 Å². The summed E-state index contributed by atoms with van der Waals surface area (Å²) in [6, 6.07) is 19.5. The van der Waals surface area contributed by atoms with Gasteiger partial charge in [0, 0.05) is 65.1 Å². The van der Waals surface area contributed by atoms with E-state index in [-0.39, 0.29) is 0 Å². The Morgan fingerprint density at radius 1 is 0.900 bits per heavy atom. The molecule has 30 heavy (non-hydrogen) atoms. The van der Waals surface area contributed by atoms with E-state index in [9.17, 15) is 0 Å². The summed E-state index contributed by atoms with van der Waals surface area (Å²) in [7, 11) is 1.88. The molecule has 2 fully saturated rings. The van der Waals surface area contributed by atoms with Crippen LogP contribution in [-0.4, -0.2) is 75.3 Å². The second kappa shape index (κ2) is 10.5. The summed E-state index contributed by atoms with van der Waals surface area (Å²) < 4.78 is 5.46. The Kier molecular flexibility index (Phi) is 7.21. The van der Waals surface area contributed by atoms with Crippen LogP contribution in [0.2, 0.25) is 0 Å². The number of anilines is 1. The number of para-hydroxylation sites is 1. The minimum Gasteiger partial charge on any atom is -0.379 e. The summed E-state index contributed by atoms with van der Waals surface area (Å²) in [5, 5.41) is 3.56. The van der Waals surface area contributed by atoms with Gasteiger partial charge < -0.3 is 19.9 Å². The normalized spacial score (nSPS) is 18.5. The Balaban J connectivity index is 1.28. The number of benzene rings is 2. The number of hydrogen-bond donors (Lipinski definition) is 1. The second-order valence-electron chi connectivity index (χ2n) is 7.92. The molecule has 0 bridgehead atoms. The van der Waals surface area contributed by atoms with Gasteiger partial charge in [-0.1, -0.05) is 42.5 Å². The predicted molar refractivity (Wildman–Crippen MR) is 123 cm³/mol. The molecule has 0 aromatic heterocycles. The van der Waals surface area contributed by atoms with Crippen LogP contribution in [0.3, 0.4) is 0 Å². The molecule has 6 nitrogen and oxygen atoms in total. The molecular formula is C24H33N5O. The monoisotopic (exact) mass is 407 g/mol. The van der Waals surface area contributed by atoms with E-state index in [0.717, 1.165) is 71.5 Å². The quantitative estimate of drug-likeness (QED) is 0.609. The second-order valence-corrected chi connectivity index (χ2v) is 7.92. The SMILES string of the molecule is CN=C(NCc1cccc(CN2CCOCC2)c1)N1CCN(c2ccccc2)CC1. The van der Waals surface area contributed by atoms with E-state index in [2.05, 4.69) is 79.6 Å². The lowest BCUT2D eigenvalue weighted by molar-refractivity contribution is 0.0342. The molecule has 0 saturated carbocycles. The molecule has 0 amide bonds. The highest BCUT2D eigenvalue weighted by molar-refractivity contribution is 5.80. The van der Waals surface area contributed by atoms with E-state index in [4.69, 9.17) is 4.74 Å². The van der Waals surface area contributed by atoms with E-state index >= 15 is 0 Å². The zero-order valence-electron chi connectivity index (χ0n) is 18.0. The van der Waals surface area contributed by atoms with Gasteiger partial charge in [-0.05, 0) is 23.3 Å². The van der Waals surface area contributed by atoms with Gasteiger partial charge in [-0.2, -0.15) is 0 Å². The van der Waals surface area contributed by atoms with Gasteiger partial charge in [0.1, 0.15) is 0 Å². The Morgan fingerprint density at radius 3 is 2.37 bits per heavy atom. The van der Waals surface area contributed by atoms with Crippen molar-refractivity contribution in [3.8, 4) is 0 Å². The lowest BCUT2D eigenvalue weighted by Crippen LogP contribution is -2.52. The van der Waals surface area contributed by atoms with Gasteiger partial charge in [0.2, 0.25) is 0 Å². The van der Waals surface area contributed by atoms with Crippen molar-refractivity contribution in [2.75, 3.05) is 64.4 Å². The highest BCUT2D eigenvalue weighted by atomic mass is 16.5. The molecule has 2 aliphatic rings. The van der Waals surface area contributed by atoms with Gasteiger partial charge >= 0.3 is 0 Å². The Hall–Kier alpha value is -2.57. The van der Waals surface area contributed by atoms with Crippen molar-refractivity contribution in [2.45, 2.75) is 13.1 Å². The average Bonchev–Trinajstić information content (AvgIpc) is 2.81. The summed E-state index contributed by atoms with van der Waals surface area (Å²) in [6.07, 6.45) is 0. The van der Waals surface area contributed by atoms with Crippen molar-refractivity contribution in [3.05, 3.63) is 65.7 Å². The van der Waals surface area contributed by atoms with Gasteiger partial charge in [0.15, 0.2) is 5.96 Å². The van der Waals surface area contributed by atoms with Gasteiger partial charge in [-0.25, -0.2) is 0 Å². The van der Waals surface area contributed by atoms with Crippen LogP contribution in [0.1, 0.15) is 11.1 Å². The van der Waals surface area contributed by atoms with Gasteiger partial charge in [-0.3, -0.25) is 9.89 Å². The van der Waals surface area contributed by atoms with E-state index < -0.39 is 0 Å². The molecule has 2 heterocycles. The van der Waals surface area contributed by atoms with Crippen LogP contribution in [0.25, 0.3) is 0 Å². The molecule has 6 heteroatoms. The standard InChI is InChI=1S/C24H33N5O/c1-25-24(29-12-10-28(11-13-29)23-8-3-2-4-9-23)26-19-21-6-5-7-22(18-21)20-27-14-16-30-17-15-27/h2-9,18H,10-17,19-20H2,1H3,(H,25,26). The first-order chi connectivity index (χ1) is 14.8. The van der Waals surface area contributed by atoms with Crippen LogP contribution >= 0.6 is 0 Å². The van der Waals surface area contributed by atoms with Crippen LogP contribution in [0.15, 0.2) is 59.6 Å². The van der Waals surface area contributed by atoms with Crippen molar-refractivity contribution < 1.29 is 4.74 Å². The number of piperazine rings is 1. The highest BCUT2D eigenvalue weighted by Gasteiger charge is 2.19. The third-order valence-corrected chi connectivity index (χ3v) is 5.86. The topological polar surface area (TPSA) is 43.3 Å². The molecule has 0 atom stereocenters. The van der Waals surface area contributed by atoms with Crippen molar-refractivity contribution in [3.63, 3.8) is 0 Å².